The summed E-state index contributed by atoms with van der Waals surface area (Å²) in [5.74, 6) is -7.64. The molecule has 0 radical (unpaired) electrons. The monoisotopic (exact) mass is 1780 g/mol. The van der Waals surface area contributed by atoms with E-state index in [-0.39, 0.29) is 108 Å². The second-order valence-corrected chi connectivity index (χ2v) is 42.1. The number of fused-ring (bicyclic) bond motifs is 3. The summed E-state index contributed by atoms with van der Waals surface area (Å²) >= 11 is 0. The summed E-state index contributed by atoms with van der Waals surface area (Å²) in [6.07, 6.45) is 15.0. The molecule has 3 aliphatic heterocycles. The number of piperidine rings is 3. The third kappa shape index (κ3) is 27.2. The van der Waals surface area contributed by atoms with Crippen LogP contribution in [0, 0.1) is 74.4 Å². The summed E-state index contributed by atoms with van der Waals surface area (Å²) in [4.78, 5) is 216. The topological polar surface area (TPSA) is 436 Å². The number of rotatable bonds is 36. The molecule has 1 aromatic carbocycles. The van der Waals surface area contributed by atoms with Gasteiger partial charge in [0.15, 0.2) is 0 Å². The molecule has 32 heteroatoms. The smallest absolute Gasteiger partial charge is 0.408 e. The van der Waals surface area contributed by atoms with Crippen LogP contribution in [0.2, 0.25) is 0 Å². The number of allylic oxidation sites excluding steroid dienone is 1. The number of Topliss-reactive ketones (excluding diaryl/α,β-unsaturated/α-hetero) is 3. The third-order valence-corrected chi connectivity index (χ3v) is 26.7. The number of carbonyl (C=O) groups excluding carboxylic acids is 16. The number of carbonyl (C=O) groups is 16. The first-order valence-electron chi connectivity index (χ1n) is 45.8. The SMILES string of the molecule is C=CCC(NC(=O)[C@@H]1[C@@H]2[C@H](CN1C(=O)[C@@H](NC(=O)NC(C)(C)C)C(C)(C)C)C2(C)C)C(=O)C(=O)NCC(=O)NCc1ccccc1.C=CCCNC(=O)C(=O)C(CCC=C)NC(=O)[C@@H]1[C@@H]2[C@H](CN1C(=O)[C@@H](NC(=O)NC(C)(C)C)C(C)(C)C)C2(C)C.C=CCNC(=O)C(=O)C(CCC)NC(=O)[C@@H]1[C@@H]2[C@H](CN1C(=O)[C@@H](NC(=O)OC1CCCC1C)C1CCCCC1)C2(C)C. The van der Waals surface area contributed by atoms with E-state index in [9.17, 15) is 76.7 Å². The maximum atomic E-state index is 14.3. The average Bonchev–Trinajstić information content (AvgIpc) is 1.53. The number of nitrogens with one attached hydrogen (secondary N) is 12. The number of benzene rings is 1. The maximum absolute atomic E-state index is 14.3. The minimum Gasteiger partial charge on any atom is -0.446 e. The predicted octanol–water partition coefficient (Wildman–Crippen LogP) is 8.23. The number of likely N-dealkylation sites (tertiary alicyclic amines) is 3. The Hall–Kier alpha value is -10.3. The van der Waals surface area contributed by atoms with Crippen LogP contribution in [0.25, 0.3) is 0 Å². The number of alkyl carbamates (subject to hydrolysis) is 1. The summed E-state index contributed by atoms with van der Waals surface area (Å²) in [6, 6.07) is -0.130. The summed E-state index contributed by atoms with van der Waals surface area (Å²) in [5, 5.41) is 32.6. The molecule has 8 fully saturated rings. The van der Waals surface area contributed by atoms with Crippen LogP contribution in [0.3, 0.4) is 0 Å². The van der Waals surface area contributed by atoms with Crippen molar-refractivity contribution < 1.29 is 81.4 Å². The summed E-state index contributed by atoms with van der Waals surface area (Å²) in [5.41, 5.74) is -1.96. The molecule has 3 saturated heterocycles. The van der Waals surface area contributed by atoms with Crippen LogP contribution in [-0.2, 0) is 73.6 Å². The molecule has 5 saturated carbocycles. The van der Waals surface area contributed by atoms with Crippen molar-refractivity contribution in [3.05, 3.63) is 86.5 Å². The van der Waals surface area contributed by atoms with E-state index in [2.05, 4.69) is 125 Å². The fourth-order valence-electron chi connectivity index (χ4n) is 19.2. The van der Waals surface area contributed by atoms with E-state index in [0.717, 1.165) is 56.9 Å². The van der Waals surface area contributed by atoms with Crippen LogP contribution in [0.4, 0.5) is 14.4 Å². The highest BCUT2D eigenvalue weighted by Gasteiger charge is 2.72. The van der Waals surface area contributed by atoms with Gasteiger partial charge in [0.25, 0.3) is 17.7 Å². The first kappa shape index (κ1) is 105. The fourth-order valence-corrected chi connectivity index (χ4v) is 19.2. The first-order valence-corrected chi connectivity index (χ1v) is 45.8. The molecule has 1 aromatic rings. The van der Waals surface area contributed by atoms with E-state index in [1.807, 2.05) is 134 Å². The number of ether oxygens (including phenoxy) is 1. The molecular formula is C96H149N15O17. The fraction of sp³-hybridized carbons (Fsp3) is 0.688. The Labute approximate surface area is 757 Å². The summed E-state index contributed by atoms with van der Waals surface area (Å²) < 4.78 is 5.77. The number of hydrogen-bond acceptors (Lipinski definition) is 17. The lowest BCUT2D eigenvalue weighted by Crippen LogP contribution is -2.62. The van der Waals surface area contributed by atoms with Crippen molar-refractivity contribution in [2.45, 2.75) is 306 Å². The van der Waals surface area contributed by atoms with Crippen molar-refractivity contribution in [2.24, 2.45) is 74.4 Å². The largest absolute Gasteiger partial charge is 0.446 e. The van der Waals surface area contributed by atoms with Crippen molar-refractivity contribution in [1.29, 1.82) is 0 Å². The van der Waals surface area contributed by atoms with E-state index in [1.165, 1.54) is 17.1 Å². The lowest BCUT2D eigenvalue weighted by molar-refractivity contribution is -0.145. The standard InChI is InChI=1S/C34H50N6O6.C32H50N4O6.C30H49N5O5/c1-10-14-22(26(42)29(44)36-18-23(41)35-17-20-15-12-11-13-16-20)37-28(43)25-24-21(34(24,8)9)19-40(25)30(45)27(32(2,3)4)38-31(46)39-33(5,6)7;1-6-12-22(27(37)29(39)33-17-7-2)34-28(38)26-24-21(32(24,4)5)18-36(26)30(40)25(20-14-9-8-10-15-20)35-31(41)42-23-16-11-13-19(23)3;1-11-13-15-19(22(36)25(38)31-16-14-12-2)32-24(37)21-20-18(30(20,9)10)17-35(21)26(39)23(28(3,4)5)33-27(40)34-29(6,7)8/h10-13,15-16,21-22,24-25,27H,1,14,17-19H2,2-9H3,(H,35,41)(H,36,44)(H,37,43)(H2,38,39,46);7,19-26H,2,6,8-18H2,1,3-5H3,(H,33,39)(H,34,38)(H,35,41);11-12,18-21,23H,1-2,13-17H2,3-10H3,(H,31,38)(H,32,37)(H2,33,34,40)/t21-,22?,24-,25-,27+;19?,21-,22?,23?,24-,25-,26-;18-,19?,20-,21-,23+/m000/s1. The maximum Gasteiger partial charge on any atom is 0.408 e. The van der Waals surface area contributed by atoms with Crippen LogP contribution >= 0.6 is 0 Å². The Morgan fingerprint density at radius 1 is 0.477 bits per heavy atom. The van der Waals surface area contributed by atoms with Gasteiger partial charge in [-0.3, -0.25) is 62.3 Å². The van der Waals surface area contributed by atoms with E-state index in [1.54, 1.807) is 22.0 Å². The Balaban J connectivity index is 0.000000264. The molecule has 15 amide bonds. The summed E-state index contributed by atoms with van der Waals surface area (Å²) in [7, 11) is 0. The molecule has 12 N–H and O–H groups in total. The molecular weight excluding hydrogens is 1640 g/mol. The molecule has 710 valence electrons. The number of ketones is 3. The molecule has 0 spiro atoms. The lowest BCUT2D eigenvalue weighted by Gasteiger charge is -2.38. The zero-order chi connectivity index (χ0) is 95.8. The molecule has 128 heavy (non-hydrogen) atoms. The number of hydrogen-bond donors (Lipinski definition) is 12. The predicted molar refractivity (Wildman–Crippen MR) is 487 cm³/mol. The molecule has 9 rings (SSSR count). The number of urea groups is 2. The van der Waals surface area contributed by atoms with Crippen LogP contribution < -0.4 is 63.8 Å². The Morgan fingerprint density at radius 3 is 1.32 bits per heavy atom. The molecule has 0 aromatic heterocycles. The first-order chi connectivity index (χ1) is 59.6. The van der Waals surface area contributed by atoms with Gasteiger partial charge < -0.3 is 83.2 Å². The van der Waals surface area contributed by atoms with Crippen molar-refractivity contribution in [2.75, 3.05) is 39.3 Å². The molecule has 8 aliphatic rings. The quantitative estimate of drug-likeness (QED) is 0.0171. The van der Waals surface area contributed by atoms with Crippen molar-refractivity contribution in [3.63, 3.8) is 0 Å². The third-order valence-electron chi connectivity index (χ3n) is 26.7. The van der Waals surface area contributed by atoms with Gasteiger partial charge in [-0.15, -0.1) is 26.3 Å². The van der Waals surface area contributed by atoms with Gasteiger partial charge in [0.1, 0.15) is 48.4 Å². The zero-order valence-corrected chi connectivity index (χ0v) is 79.5. The number of amides is 15. The van der Waals surface area contributed by atoms with Gasteiger partial charge in [0, 0.05) is 50.3 Å². The van der Waals surface area contributed by atoms with Gasteiger partial charge in [-0.25, -0.2) is 14.4 Å². The lowest BCUT2D eigenvalue weighted by atomic mass is 9.83. The van der Waals surface area contributed by atoms with E-state index in [0.29, 0.717) is 51.2 Å². The van der Waals surface area contributed by atoms with E-state index in [4.69, 9.17) is 4.74 Å². The van der Waals surface area contributed by atoms with Crippen LogP contribution in [0.5, 0.6) is 0 Å². The second kappa shape index (κ2) is 43.9. The highest BCUT2D eigenvalue weighted by atomic mass is 16.6. The van der Waals surface area contributed by atoms with Crippen LogP contribution in [-0.4, -0.2) is 220 Å². The molecule has 0 bridgehead atoms. The Kier molecular flexibility index (Phi) is 35.9. The number of nitrogens with zero attached hydrogens (tertiary/aromatic N) is 3. The van der Waals surface area contributed by atoms with Gasteiger partial charge >= 0.3 is 18.2 Å². The van der Waals surface area contributed by atoms with E-state index < -0.39 is 166 Å². The Morgan fingerprint density at radius 2 is 0.906 bits per heavy atom. The molecule has 17 atom stereocenters. The molecule has 3 heterocycles. The van der Waals surface area contributed by atoms with Crippen molar-refractivity contribution in [3.8, 4) is 0 Å². The van der Waals surface area contributed by atoms with Gasteiger partial charge in [-0.2, -0.15) is 0 Å². The summed E-state index contributed by atoms with van der Waals surface area (Å²) in [6.45, 7) is 54.3. The molecule has 5 unspecified atom stereocenters. The average molecular weight is 1790 g/mol. The van der Waals surface area contributed by atoms with Crippen molar-refractivity contribution >= 4 is 94.6 Å². The van der Waals surface area contributed by atoms with E-state index >= 15 is 0 Å². The molecule has 5 aliphatic carbocycles. The van der Waals surface area contributed by atoms with Gasteiger partial charge in [0.2, 0.25) is 58.7 Å². The minimum atomic E-state index is -1.25. The normalized spacial score (nSPS) is 24.4. The van der Waals surface area contributed by atoms with Crippen LogP contribution in [0.1, 0.15) is 234 Å². The van der Waals surface area contributed by atoms with Gasteiger partial charge in [-0.05, 0) is 186 Å². The van der Waals surface area contributed by atoms with Crippen molar-refractivity contribution in [1.82, 2.24) is 78.5 Å². The zero-order valence-electron chi connectivity index (χ0n) is 79.5. The van der Waals surface area contributed by atoms with Gasteiger partial charge in [0.05, 0.1) is 18.6 Å². The minimum absolute atomic E-state index is 0.0311. The van der Waals surface area contributed by atoms with Gasteiger partial charge in [-0.1, -0.05) is 177 Å². The molecule has 32 nitrogen and oxygen atoms in total. The second-order valence-electron chi connectivity index (χ2n) is 42.1. The Bertz CT molecular complexity index is 4260. The van der Waals surface area contributed by atoms with Crippen LogP contribution in [0.15, 0.2) is 81.0 Å². The highest BCUT2D eigenvalue weighted by Crippen LogP contribution is 2.67. The highest BCUT2D eigenvalue weighted by molar-refractivity contribution is 6.39.